The summed E-state index contributed by atoms with van der Waals surface area (Å²) in [5, 5.41) is 3.43. The summed E-state index contributed by atoms with van der Waals surface area (Å²) in [7, 11) is 0. The molecule has 3 rings (SSSR count). The molecule has 0 saturated heterocycles. The SMILES string of the molecule is CCC(CC)C(=O)Nc1ncc2c(n1)C[C@@H](c1cccc(Cl)c1)CC2=O. The number of ketones is 1. The number of Topliss-reactive ketones (excluding diaryl/α,β-unsaturated/α-hetero) is 1. The average molecular weight is 372 g/mol. The van der Waals surface area contributed by atoms with Gasteiger partial charge in [0.15, 0.2) is 5.78 Å². The van der Waals surface area contributed by atoms with E-state index in [1.54, 1.807) is 0 Å². The predicted octanol–water partition coefficient (Wildman–Crippen LogP) is 4.42. The largest absolute Gasteiger partial charge is 0.294 e. The molecule has 1 aliphatic carbocycles. The third-order valence-electron chi connectivity index (χ3n) is 4.95. The van der Waals surface area contributed by atoms with E-state index in [2.05, 4.69) is 15.3 Å². The van der Waals surface area contributed by atoms with Gasteiger partial charge in [0.25, 0.3) is 0 Å². The number of hydrogen-bond acceptors (Lipinski definition) is 4. The van der Waals surface area contributed by atoms with Crippen LogP contribution in [0.5, 0.6) is 0 Å². The summed E-state index contributed by atoms with van der Waals surface area (Å²) < 4.78 is 0. The number of hydrogen-bond donors (Lipinski definition) is 1. The number of carbonyl (C=O) groups excluding carboxylic acids is 2. The Hall–Kier alpha value is -2.27. The van der Waals surface area contributed by atoms with Crippen molar-refractivity contribution in [1.82, 2.24) is 9.97 Å². The lowest BCUT2D eigenvalue weighted by molar-refractivity contribution is -0.120. The lowest BCUT2D eigenvalue weighted by atomic mass is 9.82. The second-order valence-corrected chi connectivity index (χ2v) is 7.08. The van der Waals surface area contributed by atoms with Crippen molar-refractivity contribution in [2.24, 2.45) is 5.92 Å². The molecule has 0 aliphatic heterocycles. The summed E-state index contributed by atoms with van der Waals surface area (Å²) >= 11 is 6.08. The normalized spacial score (nSPS) is 16.5. The topological polar surface area (TPSA) is 72.0 Å². The first-order chi connectivity index (χ1) is 12.5. The molecule has 0 radical (unpaired) electrons. The van der Waals surface area contributed by atoms with Crippen LogP contribution in [0.3, 0.4) is 0 Å². The van der Waals surface area contributed by atoms with Gasteiger partial charge in [-0.05, 0) is 42.9 Å². The third-order valence-corrected chi connectivity index (χ3v) is 5.19. The van der Waals surface area contributed by atoms with Crippen LogP contribution in [-0.4, -0.2) is 21.7 Å². The van der Waals surface area contributed by atoms with Crippen LogP contribution < -0.4 is 5.32 Å². The molecule has 5 nitrogen and oxygen atoms in total. The summed E-state index contributed by atoms with van der Waals surface area (Å²) in [6.07, 6.45) is 4.10. The van der Waals surface area contributed by atoms with Crippen LogP contribution >= 0.6 is 11.6 Å². The summed E-state index contributed by atoms with van der Waals surface area (Å²) in [5.41, 5.74) is 2.25. The fraction of sp³-hybridized carbons (Fsp3) is 0.400. The molecule has 1 aromatic carbocycles. The number of benzene rings is 1. The van der Waals surface area contributed by atoms with E-state index in [4.69, 9.17) is 11.6 Å². The van der Waals surface area contributed by atoms with Crippen LogP contribution in [0.4, 0.5) is 5.95 Å². The lowest BCUT2D eigenvalue weighted by Crippen LogP contribution is -2.25. The van der Waals surface area contributed by atoms with Gasteiger partial charge in [-0.3, -0.25) is 14.9 Å². The minimum atomic E-state index is -0.0801. The van der Waals surface area contributed by atoms with Crippen LogP contribution in [0, 0.1) is 5.92 Å². The molecule has 0 unspecified atom stereocenters. The zero-order valence-electron chi connectivity index (χ0n) is 15.0. The Morgan fingerprint density at radius 3 is 2.77 bits per heavy atom. The van der Waals surface area contributed by atoms with E-state index >= 15 is 0 Å². The first kappa shape index (κ1) is 18.5. The molecule has 1 aliphatic rings. The van der Waals surface area contributed by atoms with Crippen LogP contribution in [0.15, 0.2) is 30.5 Å². The van der Waals surface area contributed by atoms with Gasteiger partial charge in [-0.15, -0.1) is 0 Å². The zero-order valence-corrected chi connectivity index (χ0v) is 15.7. The number of amides is 1. The van der Waals surface area contributed by atoms with Gasteiger partial charge in [0.05, 0.1) is 11.3 Å². The summed E-state index contributed by atoms with van der Waals surface area (Å²) in [6, 6.07) is 7.57. The van der Waals surface area contributed by atoms with Crippen molar-refractivity contribution in [3.8, 4) is 0 Å². The Balaban J connectivity index is 1.83. The highest BCUT2D eigenvalue weighted by atomic mass is 35.5. The molecule has 1 aromatic heterocycles. The Morgan fingerprint density at radius 1 is 1.31 bits per heavy atom. The van der Waals surface area contributed by atoms with Gasteiger partial charge >= 0.3 is 0 Å². The number of fused-ring (bicyclic) bond motifs is 1. The second kappa shape index (κ2) is 7.96. The number of halogens is 1. The number of rotatable bonds is 5. The quantitative estimate of drug-likeness (QED) is 0.844. The van der Waals surface area contributed by atoms with Gasteiger partial charge in [0.1, 0.15) is 0 Å². The molecule has 0 spiro atoms. The molecule has 26 heavy (non-hydrogen) atoms. The molecule has 2 aromatic rings. The van der Waals surface area contributed by atoms with E-state index in [0.29, 0.717) is 29.1 Å². The monoisotopic (exact) mass is 371 g/mol. The maximum Gasteiger partial charge on any atom is 0.229 e. The number of aromatic nitrogens is 2. The summed E-state index contributed by atoms with van der Waals surface area (Å²) in [6.45, 7) is 3.96. The molecule has 0 bridgehead atoms. The Bertz CT molecular complexity index is 834. The van der Waals surface area contributed by atoms with Crippen molar-refractivity contribution < 1.29 is 9.59 Å². The summed E-state index contributed by atoms with van der Waals surface area (Å²) in [4.78, 5) is 33.4. The van der Waals surface area contributed by atoms with E-state index in [1.807, 2.05) is 38.1 Å². The van der Waals surface area contributed by atoms with Gasteiger partial charge in [0.2, 0.25) is 11.9 Å². The van der Waals surface area contributed by atoms with E-state index in [1.165, 1.54) is 6.20 Å². The first-order valence-corrected chi connectivity index (χ1v) is 9.35. The van der Waals surface area contributed by atoms with Gasteiger partial charge in [0, 0.05) is 23.6 Å². The van der Waals surface area contributed by atoms with Crippen LogP contribution in [0.2, 0.25) is 5.02 Å². The predicted molar refractivity (Wildman–Crippen MR) is 102 cm³/mol. The highest BCUT2D eigenvalue weighted by Crippen LogP contribution is 2.33. The molecule has 136 valence electrons. The highest BCUT2D eigenvalue weighted by molar-refractivity contribution is 6.30. The zero-order chi connectivity index (χ0) is 18.7. The molecule has 1 amide bonds. The van der Waals surface area contributed by atoms with E-state index in [0.717, 1.165) is 18.4 Å². The van der Waals surface area contributed by atoms with Gasteiger partial charge in [-0.2, -0.15) is 0 Å². The maximum absolute atomic E-state index is 12.5. The van der Waals surface area contributed by atoms with Crippen molar-refractivity contribution in [2.75, 3.05) is 5.32 Å². The fourth-order valence-corrected chi connectivity index (χ4v) is 3.57. The van der Waals surface area contributed by atoms with Crippen molar-refractivity contribution >= 4 is 29.2 Å². The van der Waals surface area contributed by atoms with Crippen molar-refractivity contribution in [3.63, 3.8) is 0 Å². The molecule has 6 heteroatoms. The number of anilines is 1. The van der Waals surface area contributed by atoms with Gasteiger partial charge in [-0.25, -0.2) is 9.97 Å². The second-order valence-electron chi connectivity index (χ2n) is 6.64. The van der Waals surface area contributed by atoms with Crippen molar-refractivity contribution in [1.29, 1.82) is 0 Å². The standard InChI is InChI=1S/C20H22ClN3O2/c1-3-12(4-2)19(26)24-20-22-11-16-17(23-20)9-14(10-18(16)25)13-6-5-7-15(21)8-13/h5-8,11-12,14H,3-4,9-10H2,1-2H3,(H,22,23,24,26)/t14-/m1/s1. The van der Waals surface area contributed by atoms with E-state index < -0.39 is 0 Å². The van der Waals surface area contributed by atoms with Crippen LogP contribution in [0.25, 0.3) is 0 Å². The Kier molecular flexibility index (Phi) is 5.67. The van der Waals surface area contributed by atoms with Gasteiger partial charge in [-0.1, -0.05) is 37.6 Å². The Labute approximate surface area is 158 Å². The molecule has 1 heterocycles. The highest BCUT2D eigenvalue weighted by Gasteiger charge is 2.28. The maximum atomic E-state index is 12.5. The molecule has 0 fully saturated rings. The molecular weight excluding hydrogens is 350 g/mol. The minimum absolute atomic E-state index is 0.0223. The fourth-order valence-electron chi connectivity index (χ4n) is 3.37. The van der Waals surface area contributed by atoms with E-state index in [9.17, 15) is 9.59 Å². The average Bonchev–Trinajstić information content (AvgIpc) is 2.62. The summed E-state index contributed by atoms with van der Waals surface area (Å²) in [5.74, 6) is 0.180. The number of carbonyl (C=O) groups is 2. The van der Waals surface area contributed by atoms with Crippen LogP contribution in [0.1, 0.15) is 60.6 Å². The number of nitrogens with one attached hydrogen (secondary N) is 1. The first-order valence-electron chi connectivity index (χ1n) is 8.97. The smallest absolute Gasteiger partial charge is 0.229 e. The van der Waals surface area contributed by atoms with Crippen molar-refractivity contribution in [2.45, 2.75) is 45.4 Å². The van der Waals surface area contributed by atoms with Gasteiger partial charge < -0.3 is 0 Å². The molecular formula is C20H22ClN3O2. The number of nitrogens with zero attached hydrogens (tertiary/aromatic N) is 2. The Morgan fingerprint density at radius 2 is 2.08 bits per heavy atom. The molecule has 0 saturated carbocycles. The minimum Gasteiger partial charge on any atom is -0.294 e. The lowest BCUT2D eigenvalue weighted by Gasteiger charge is -2.23. The molecule has 1 atom stereocenters. The van der Waals surface area contributed by atoms with Crippen LogP contribution in [-0.2, 0) is 11.2 Å². The third kappa shape index (κ3) is 3.93. The van der Waals surface area contributed by atoms with E-state index in [-0.39, 0.29) is 29.5 Å². The molecule has 1 N–H and O–H groups in total. The van der Waals surface area contributed by atoms with Crippen molar-refractivity contribution in [3.05, 3.63) is 52.3 Å².